The van der Waals surface area contributed by atoms with Crippen molar-refractivity contribution in [3.63, 3.8) is 0 Å². The molecule has 0 aromatic heterocycles. The van der Waals surface area contributed by atoms with Gasteiger partial charge in [0, 0.05) is 25.2 Å². The Kier molecular flexibility index (Phi) is 6.76. The van der Waals surface area contributed by atoms with Gasteiger partial charge in [-0.2, -0.15) is 0 Å². The average molecular weight is 364 g/mol. The van der Waals surface area contributed by atoms with Crippen LogP contribution in [0.15, 0.2) is 33.9 Å². The number of esters is 1. The van der Waals surface area contributed by atoms with Gasteiger partial charge in [-0.25, -0.2) is 0 Å². The Labute approximate surface area is 151 Å². The van der Waals surface area contributed by atoms with Gasteiger partial charge in [-0.15, -0.1) is 0 Å². The zero-order chi connectivity index (χ0) is 18.4. The first-order valence-electron chi connectivity index (χ1n) is 8.49. The van der Waals surface area contributed by atoms with Gasteiger partial charge in [0.1, 0.15) is 5.02 Å². The SMILES string of the molecule is CCCN(CCCC(=O)OCC)c1ccc(-c2c(Cl)c(=O)c2=O)cc1. The number of rotatable bonds is 9. The summed E-state index contributed by atoms with van der Waals surface area (Å²) in [6.45, 7) is 5.90. The number of hydrogen-bond acceptors (Lipinski definition) is 5. The van der Waals surface area contributed by atoms with E-state index in [1.807, 2.05) is 12.1 Å². The predicted molar refractivity (Wildman–Crippen MR) is 100 cm³/mol. The Balaban J connectivity index is 2.05. The number of benzene rings is 1. The molecule has 134 valence electrons. The molecule has 2 aromatic rings. The number of carbonyl (C=O) groups excluding carboxylic acids is 1. The van der Waals surface area contributed by atoms with E-state index in [2.05, 4.69) is 11.8 Å². The Morgan fingerprint density at radius 3 is 2.32 bits per heavy atom. The van der Waals surface area contributed by atoms with Gasteiger partial charge in [0.05, 0.1) is 12.2 Å². The largest absolute Gasteiger partial charge is 0.466 e. The van der Waals surface area contributed by atoms with E-state index in [1.54, 1.807) is 19.1 Å². The summed E-state index contributed by atoms with van der Waals surface area (Å²) in [6.07, 6.45) is 2.08. The fourth-order valence-electron chi connectivity index (χ4n) is 2.75. The number of carbonyl (C=O) groups is 1. The van der Waals surface area contributed by atoms with Gasteiger partial charge in [-0.05, 0) is 37.5 Å². The lowest BCUT2D eigenvalue weighted by atomic mass is 10.0. The van der Waals surface area contributed by atoms with Gasteiger partial charge < -0.3 is 9.64 Å². The maximum Gasteiger partial charge on any atom is 0.305 e. The van der Waals surface area contributed by atoms with Gasteiger partial charge in [0.15, 0.2) is 0 Å². The Morgan fingerprint density at radius 2 is 1.76 bits per heavy atom. The van der Waals surface area contributed by atoms with Crippen molar-refractivity contribution in [2.24, 2.45) is 0 Å². The third kappa shape index (κ3) is 4.48. The summed E-state index contributed by atoms with van der Waals surface area (Å²) in [7, 11) is 0. The second-order valence-electron chi connectivity index (χ2n) is 5.79. The Hall–Kier alpha value is -2.14. The quantitative estimate of drug-likeness (QED) is 0.506. The minimum atomic E-state index is -0.618. The number of anilines is 1. The summed E-state index contributed by atoms with van der Waals surface area (Å²) in [4.78, 5) is 36.5. The highest BCUT2D eigenvalue weighted by molar-refractivity contribution is 6.34. The maximum atomic E-state index is 11.6. The summed E-state index contributed by atoms with van der Waals surface area (Å²) in [5.74, 6) is -0.177. The molecule has 0 bridgehead atoms. The normalized spacial score (nSPS) is 10.8. The molecule has 0 atom stereocenters. The molecule has 2 aromatic carbocycles. The fraction of sp³-hybridized carbons (Fsp3) is 0.421. The van der Waals surface area contributed by atoms with Crippen LogP contribution in [0, 0.1) is 0 Å². The maximum absolute atomic E-state index is 11.6. The van der Waals surface area contributed by atoms with Crippen LogP contribution in [0.1, 0.15) is 33.1 Å². The van der Waals surface area contributed by atoms with E-state index >= 15 is 0 Å². The molecule has 5 nitrogen and oxygen atoms in total. The van der Waals surface area contributed by atoms with E-state index in [0.29, 0.717) is 30.6 Å². The van der Waals surface area contributed by atoms with Crippen LogP contribution < -0.4 is 15.8 Å². The van der Waals surface area contributed by atoms with Crippen molar-refractivity contribution in [2.75, 3.05) is 24.6 Å². The number of nitrogens with zero attached hydrogens (tertiary/aromatic N) is 1. The van der Waals surface area contributed by atoms with Crippen LogP contribution in [0.5, 0.6) is 0 Å². The van der Waals surface area contributed by atoms with E-state index in [4.69, 9.17) is 16.3 Å². The molecule has 6 heteroatoms. The standard InChI is InChI=1S/C19H22ClNO4/c1-3-11-21(12-5-6-15(22)25-4-2)14-9-7-13(8-10-14)16-17(20)19(24)18(16)23/h7-10H,3-6,11-12H2,1-2H3. The van der Waals surface area contributed by atoms with Crippen LogP contribution >= 0.6 is 11.6 Å². The molecule has 25 heavy (non-hydrogen) atoms. The zero-order valence-electron chi connectivity index (χ0n) is 14.5. The highest BCUT2D eigenvalue weighted by Gasteiger charge is 2.20. The monoisotopic (exact) mass is 363 g/mol. The first-order valence-corrected chi connectivity index (χ1v) is 8.87. The Morgan fingerprint density at radius 1 is 1.08 bits per heavy atom. The second kappa shape index (κ2) is 8.81. The summed E-state index contributed by atoms with van der Waals surface area (Å²) in [6, 6.07) is 7.40. The minimum absolute atomic E-state index is 0.0117. The van der Waals surface area contributed by atoms with Crippen molar-refractivity contribution in [1.82, 2.24) is 0 Å². The summed E-state index contributed by atoms with van der Waals surface area (Å²) < 4.78 is 4.94. The van der Waals surface area contributed by atoms with Crippen LogP contribution in [-0.2, 0) is 9.53 Å². The lowest BCUT2D eigenvalue weighted by Crippen LogP contribution is -2.33. The van der Waals surface area contributed by atoms with Crippen LogP contribution in [0.25, 0.3) is 11.1 Å². The topological polar surface area (TPSA) is 63.7 Å². The molecule has 2 rings (SSSR count). The highest BCUT2D eigenvalue weighted by Crippen LogP contribution is 2.26. The van der Waals surface area contributed by atoms with Crippen molar-refractivity contribution < 1.29 is 9.53 Å². The smallest absolute Gasteiger partial charge is 0.305 e. The van der Waals surface area contributed by atoms with Crippen molar-refractivity contribution in [2.45, 2.75) is 33.1 Å². The van der Waals surface area contributed by atoms with Crippen LogP contribution in [-0.4, -0.2) is 25.7 Å². The third-order valence-corrected chi connectivity index (χ3v) is 4.34. The second-order valence-corrected chi connectivity index (χ2v) is 6.17. The van der Waals surface area contributed by atoms with Crippen molar-refractivity contribution >= 4 is 23.3 Å². The van der Waals surface area contributed by atoms with Crippen molar-refractivity contribution in [1.29, 1.82) is 0 Å². The first kappa shape index (κ1) is 19.2. The number of hydrogen-bond donors (Lipinski definition) is 0. The van der Waals surface area contributed by atoms with E-state index in [0.717, 1.165) is 25.2 Å². The van der Waals surface area contributed by atoms with E-state index < -0.39 is 10.9 Å². The van der Waals surface area contributed by atoms with Gasteiger partial charge >= 0.3 is 5.97 Å². The van der Waals surface area contributed by atoms with Crippen molar-refractivity contribution in [3.05, 3.63) is 49.7 Å². The highest BCUT2D eigenvalue weighted by atomic mass is 35.5. The summed E-state index contributed by atoms with van der Waals surface area (Å²) in [5.41, 5.74) is 0.804. The molecule has 0 aliphatic heterocycles. The molecule has 0 radical (unpaired) electrons. The van der Waals surface area contributed by atoms with Gasteiger partial charge in [-0.3, -0.25) is 14.4 Å². The molecule has 0 saturated carbocycles. The fourth-order valence-corrected chi connectivity index (χ4v) is 3.03. The lowest BCUT2D eigenvalue weighted by Gasteiger charge is -2.24. The van der Waals surface area contributed by atoms with Gasteiger partial charge in [-0.1, -0.05) is 30.7 Å². The average Bonchev–Trinajstić information content (AvgIpc) is 2.62. The van der Waals surface area contributed by atoms with Crippen LogP contribution in [0.4, 0.5) is 5.69 Å². The molecule has 0 N–H and O–H groups in total. The zero-order valence-corrected chi connectivity index (χ0v) is 15.3. The summed E-state index contributed by atoms with van der Waals surface area (Å²) in [5, 5.41) is 0.0117. The molecule has 0 heterocycles. The van der Waals surface area contributed by atoms with Gasteiger partial charge in [0.25, 0.3) is 0 Å². The molecule has 0 unspecified atom stereocenters. The van der Waals surface area contributed by atoms with E-state index in [1.165, 1.54) is 0 Å². The van der Waals surface area contributed by atoms with E-state index in [9.17, 15) is 14.4 Å². The Bertz CT molecular complexity index is 791. The molecule has 0 aliphatic carbocycles. The predicted octanol–water partition coefficient (Wildman–Crippen LogP) is 3.16. The summed E-state index contributed by atoms with van der Waals surface area (Å²) >= 11 is 5.83. The lowest BCUT2D eigenvalue weighted by molar-refractivity contribution is -0.143. The molecule has 0 spiro atoms. The van der Waals surface area contributed by atoms with Crippen molar-refractivity contribution in [3.8, 4) is 11.1 Å². The van der Waals surface area contributed by atoms with Gasteiger partial charge in [0.2, 0.25) is 10.9 Å². The van der Waals surface area contributed by atoms with E-state index in [-0.39, 0.29) is 11.0 Å². The molecular weight excluding hydrogens is 342 g/mol. The van der Waals surface area contributed by atoms with Crippen LogP contribution in [0.3, 0.4) is 0 Å². The number of halogens is 1. The molecular formula is C19H22ClNO4. The molecule has 0 amide bonds. The third-order valence-electron chi connectivity index (χ3n) is 3.98. The molecule has 0 saturated heterocycles. The first-order chi connectivity index (χ1) is 12.0. The molecule has 0 aliphatic rings. The minimum Gasteiger partial charge on any atom is -0.466 e. The number of ether oxygens (including phenoxy) is 1. The molecule has 0 fully saturated rings. The van der Waals surface area contributed by atoms with Crippen LogP contribution in [0.2, 0.25) is 5.02 Å².